The number of aliphatic imine (C=N–C) groups is 1. The van der Waals surface area contributed by atoms with Crippen molar-refractivity contribution in [3.8, 4) is 0 Å². The number of nitrogens with two attached hydrogens (primary N) is 1. The van der Waals surface area contributed by atoms with E-state index in [-0.39, 0.29) is 12.1 Å². The summed E-state index contributed by atoms with van der Waals surface area (Å²) in [5.41, 5.74) is 4.69. The first-order chi connectivity index (χ1) is 9.24. The quantitative estimate of drug-likeness (QED) is 0.450. The van der Waals surface area contributed by atoms with Gasteiger partial charge in [0.05, 0.1) is 6.34 Å². The number of aliphatic hydroxyl groups is 1. The smallest absolute Gasteiger partial charge is 0.410 e. The van der Waals surface area contributed by atoms with Gasteiger partial charge in [0.15, 0.2) is 0 Å². The number of likely N-dealkylation sites (tertiary alicyclic amines) is 1. The van der Waals surface area contributed by atoms with Crippen LogP contribution in [0.1, 0.15) is 33.6 Å². The van der Waals surface area contributed by atoms with Crippen molar-refractivity contribution < 1.29 is 14.6 Å². The average molecular weight is 286 g/mol. The molecule has 0 bridgehead atoms. The van der Waals surface area contributed by atoms with Crippen LogP contribution in [0.5, 0.6) is 0 Å². The normalized spacial score (nSPS) is 19.6. The van der Waals surface area contributed by atoms with Crippen LogP contribution in [0.25, 0.3) is 0 Å². The Balaban J connectivity index is 2.45. The largest absolute Gasteiger partial charge is 0.444 e. The fourth-order valence-corrected chi connectivity index (χ4v) is 2.15. The SMILES string of the molecule is CN(C1CCN(C(=O)OC(C)(C)C)CC1)C(O)N=CN. The van der Waals surface area contributed by atoms with Gasteiger partial charge in [0, 0.05) is 19.1 Å². The van der Waals surface area contributed by atoms with Gasteiger partial charge in [0.25, 0.3) is 0 Å². The molecule has 7 heteroatoms. The van der Waals surface area contributed by atoms with E-state index in [1.165, 1.54) is 0 Å². The van der Waals surface area contributed by atoms with E-state index in [0.717, 1.165) is 19.2 Å². The molecule has 3 N–H and O–H groups in total. The van der Waals surface area contributed by atoms with Crippen molar-refractivity contribution in [1.29, 1.82) is 0 Å². The third-order valence-electron chi connectivity index (χ3n) is 3.28. The van der Waals surface area contributed by atoms with E-state index < -0.39 is 12.0 Å². The summed E-state index contributed by atoms with van der Waals surface area (Å²) in [4.78, 5) is 19.1. The Kier molecular flexibility index (Phi) is 5.76. The molecule has 1 aliphatic rings. The number of ether oxygens (including phenoxy) is 1. The second-order valence-electron chi connectivity index (χ2n) is 6.01. The zero-order valence-electron chi connectivity index (χ0n) is 12.7. The predicted molar refractivity (Wildman–Crippen MR) is 77.3 cm³/mol. The van der Waals surface area contributed by atoms with Crippen molar-refractivity contribution in [1.82, 2.24) is 9.80 Å². The van der Waals surface area contributed by atoms with Gasteiger partial charge in [-0.3, -0.25) is 4.90 Å². The van der Waals surface area contributed by atoms with Gasteiger partial charge in [-0.15, -0.1) is 0 Å². The molecule has 0 aromatic heterocycles. The number of aliphatic hydroxyl groups excluding tert-OH is 1. The molecule has 116 valence electrons. The van der Waals surface area contributed by atoms with E-state index in [1.54, 1.807) is 16.8 Å². The molecule has 7 nitrogen and oxygen atoms in total. The lowest BCUT2D eigenvalue weighted by molar-refractivity contribution is -0.0226. The highest BCUT2D eigenvalue weighted by Crippen LogP contribution is 2.19. The van der Waals surface area contributed by atoms with Crippen LogP contribution in [-0.2, 0) is 4.74 Å². The molecule has 0 aromatic carbocycles. The van der Waals surface area contributed by atoms with Crippen LogP contribution in [0.15, 0.2) is 4.99 Å². The summed E-state index contributed by atoms with van der Waals surface area (Å²) in [7, 11) is 1.80. The lowest BCUT2D eigenvalue weighted by atomic mass is 10.0. The molecule has 1 fully saturated rings. The van der Waals surface area contributed by atoms with Crippen LogP contribution in [0.4, 0.5) is 4.79 Å². The first-order valence-corrected chi connectivity index (χ1v) is 6.86. The molecular weight excluding hydrogens is 260 g/mol. The number of carbonyl (C=O) groups excluding carboxylic acids is 1. The Labute approximate surface area is 120 Å². The van der Waals surface area contributed by atoms with Crippen LogP contribution in [0.2, 0.25) is 0 Å². The summed E-state index contributed by atoms with van der Waals surface area (Å²) in [5.74, 6) is 0. The summed E-state index contributed by atoms with van der Waals surface area (Å²) in [6.45, 7) is 6.79. The number of hydrogen-bond acceptors (Lipinski definition) is 5. The summed E-state index contributed by atoms with van der Waals surface area (Å²) >= 11 is 0. The van der Waals surface area contributed by atoms with Crippen molar-refractivity contribution in [3.63, 3.8) is 0 Å². The van der Waals surface area contributed by atoms with Gasteiger partial charge in [-0.05, 0) is 40.7 Å². The lowest BCUT2D eigenvalue weighted by Crippen LogP contribution is -2.49. The number of nitrogens with zero attached hydrogens (tertiary/aromatic N) is 3. The molecule has 0 aromatic rings. The van der Waals surface area contributed by atoms with E-state index in [2.05, 4.69) is 4.99 Å². The summed E-state index contributed by atoms with van der Waals surface area (Å²) in [5, 5.41) is 9.74. The van der Waals surface area contributed by atoms with E-state index >= 15 is 0 Å². The molecular formula is C13H26N4O3. The van der Waals surface area contributed by atoms with Gasteiger partial charge in [-0.25, -0.2) is 9.79 Å². The van der Waals surface area contributed by atoms with E-state index in [1.807, 2.05) is 20.8 Å². The number of amides is 1. The third kappa shape index (κ3) is 4.97. The second kappa shape index (κ2) is 6.90. The molecule has 1 amide bonds. The first-order valence-electron chi connectivity index (χ1n) is 6.86. The number of carbonyl (C=O) groups is 1. The molecule has 0 spiro atoms. The Morgan fingerprint density at radius 2 is 2.05 bits per heavy atom. The van der Waals surface area contributed by atoms with Gasteiger partial charge < -0.3 is 20.5 Å². The standard InChI is InChI=1S/C13H26N4O3/c1-13(2,3)20-12(19)17-7-5-10(6-8-17)16(4)11(18)15-9-14/h9-11,18H,5-8H2,1-4H3,(H2,14,15). The summed E-state index contributed by atoms with van der Waals surface area (Å²) in [6.07, 6.45) is 1.42. The van der Waals surface area contributed by atoms with Crippen molar-refractivity contribution in [2.75, 3.05) is 20.1 Å². The van der Waals surface area contributed by atoms with Gasteiger partial charge >= 0.3 is 6.09 Å². The number of piperidine rings is 1. The van der Waals surface area contributed by atoms with Gasteiger partial charge in [0.1, 0.15) is 5.60 Å². The third-order valence-corrected chi connectivity index (χ3v) is 3.28. The zero-order chi connectivity index (χ0) is 15.3. The van der Waals surface area contributed by atoms with Crippen LogP contribution in [0, 0.1) is 0 Å². The molecule has 1 saturated heterocycles. The molecule has 0 radical (unpaired) electrons. The summed E-state index contributed by atoms with van der Waals surface area (Å²) in [6, 6.07) is 0.174. The second-order valence-corrected chi connectivity index (χ2v) is 6.01. The van der Waals surface area contributed by atoms with Crippen LogP contribution in [0.3, 0.4) is 0 Å². The van der Waals surface area contributed by atoms with E-state index in [0.29, 0.717) is 13.1 Å². The Morgan fingerprint density at radius 1 is 1.50 bits per heavy atom. The van der Waals surface area contributed by atoms with Crippen molar-refractivity contribution in [2.45, 2.75) is 51.6 Å². The van der Waals surface area contributed by atoms with Crippen LogP contribution in [-0.4, -0.2) is 65.5 Å². The molecule has 1 aliphatic heterocycles. The van der Waals surface area contributed by atoms with Crippen molar-refractivity contribution in [2.24, 2.45) is 10.7 Å². The van der Waals surface area contributed by atoms with Gasteiger partial charge in [-0.1, -0.05) is 0 Å². The molecule has 1 heterocycles. The maximum atomic E-state index is 11.9. The van der Waals surface area contributed by atoms with E-state index in [9.17, 15) is 9.90 Å². The molecule has 20 heavy (non-hydrogen) atoms. The fraction of sp³-hybridized carbons (Fsp3) is 0.846. The molecule has 0 aliphatic carbocycles. The maximum Gasteiger partial charge on any atom is 0.410 e. The summed E-state index contributed by atoms with van der Waals surface area (Å²) < 4.78 is 5.34. The van der Waals surface area contributed by atoms with Crippen LogP contribution < -0.4 is 5.73 Å². The minimum Gasteiger partial charge on any atom is -0.444 e. The van der Waals surface area contributed by atoms with Crippen molar-refractivity contribution in [3.05, 3.63) is 0 Å². The van der Waals surface area contributed by atoms with Gasteiger partial charge in [0.2, 0.25) is 6.35 Å². The Hall–Kier alpha value is -1.34. The van der Waals surface area contributed by atoms with E-state index in [4.69, 9.17) is 10.5 Å². The molecule has 1 rings (SSSR count). The maximum absolute atomic E-state index is 11.9. The Bertz CT molecular complexity index is 346. The highest BCUT2D eigenvalue weighted by Gasteiger charge is 2.29. The predicted octanol–water partition coefficient (Wildman–Crippen LogP) is 0.581. The minimum atomic E-state index is -0.932. The Morgan fingerprint density at radius 3 is 2.50 bits per heavy atom. The monoisotopic (exact) mass is 286 g/mol. The molecule has 0 saturated carbocycles. The highest BCUT2D eigenvalue weighted by atomic mass is 16.6. The topological polar surface area (TPSA) is 91.4 Å². The van der Waals surface area contributed by atoms with Crippen molar-refractivity contribution >= 4 is 12.4 Å². The number of hydrogen-bond donors (Lipinski definition) is 2. The average Bonchev–Trinajstić information content (AvgIpc) is 2.36. The molecule has 1 atom stereocenters. The highest BCUT2D eigenvalue weighted by molar-refractivity contribution is 5.68. The van der Waals surface area contributed by atoms with Crippen LogP contribution >= 0.6 is 0 Å². The first kappa shape index (κ1) is 16.7. The zero-order valence-corrected chi connectivity index (χ0v) is 12.7. The lowest BCUT2D eigenvalue weighted by Gasteiger charge is -2.37. The molecule has 1 unspecified atom stereocenters. The minimum absolute atomic E-state index is 0.174. The number of rotatable bonds is 3. The van der Waals surface area contributed by atoms with Gasteiger partial charge in [-0.2, -0.15) is 0 Å². The fourth-order valence-electron chi connectivity index (χ4n) is 2.15.